The molecule has 0 aliphatic heterocycles. The van der Waals surface area contributed by atoms with E-state index in [2.05, 4.69) is 36.6 Å². The Kier molecular flexibility index (Phi) is 5.50. The van der Waals surface area contributed by atoms with Gasteiger partial charge in [-0.15, -0.1) is 11.3 Å². The molecule has 3 nitrogen and oxygen atoms in total. The summed E-state index contributed by atoms with van der Waals surface area (Å²) in [6, 6.07) is 15.9. The third-order valence-corrected chi connectivity index (χ3v) is 6.44. The van der Waals surface area contributed by atoms with Crippen LogP contribution in [0.3, 0.4) is 0 Å². The Morgan fingerprint density at radius 3 is 2.43 bits per heavy atom. The number of carbonyl (C=O) groups is 1. The van der Waals surface area contributed by atoms with Crippen molar-refractivity contribution in [3.63, 3.8) is 0 Å². The molecule has 1 aromatic heterocycles. The second-order valence-electron chi connectivity index (χ2n) is 7.28. The number of halogens is 2. The van der Waals surface area contributed by atoms with Crippen LogP contribution >= 0.6 is 22.9 Å². The van der Waals surface area contributed by atoms with Crippen LogP contribution in [0.1, 0.15) is 16.7 Å². The summed E-state index contributed by atoms with van der Waals surface area (Å²) in [5.41, 5.74) is 4.95. The highest BCUT2D eigenvalue weighted by Crippen LogP contribution is 2.45. The van der Waals surface area contributed by atoms with Crippen molar-refractivity contribution in [2.45, 2.75) is 20.8 Å². The standard InChI is InChI=1S/C24H20ClFN2OS/c1-13-8-9-20(19(26)10-13)27-24(29)28-23-22(16-6-4-5-7-18(16)25)17-11-14(2)15(3)12-21(17)30-23/h4-12H,1-3H3,(H2,27,28,29). The van der Waals surface area contributed by atoms with Gasteiger partial charge in [-0.05, 0) is 67.8 Å². The molecule has 3 aromatic carbocycles. The monoisotopic (exact) mass is 438 g/mol. The third-order valence-electron chi connectivity index (χ3n) is 5.05. The van der Waals surface area contributed by atoms with Gasteiger partial charge in [-0.3, -0.25) is 5.32 Å². The van der Waals surface area contributed by atoms with E-state index in [0.29, 0.717) is 10.0 Å². The van der Waals surface area contributed by atoms with Gasteiger partial charge in [0.15, 0.2) is 0 Å². The van der Waals surface area contributed by atoms with Gasteiger partial charge in [0.2, 0.25) is 0 Å². The molecule has 4 aromatic rings. The number of rotatable bonds is 3. The van der Waals surface area contributed by atoms with Gasteiger partial charge in [0.1, 0.15) is 10.8 Å². The van der Waals surface area contributed by atoms with Crippen molar-refractivity contribution in [3.05, 3.63) is 82.1 Å². The highest BCUT2D eigenvalue weighted by Gasteiger charge is 2.19. The zero-order chi connectivity index (χ0) is 21.4. The molecule has 0 fully saturated rings. The predicted molar refractivity (Wildman–Crippen MR) is 126 cm³/mol. The molecule has 2 amide bonds. The van der Waals surface area contributed by atoms with Gasteiger partial charge in [-0.25, -0.2) is 9.18 Å². The van der Waals surface area contributed by atoms with Crippen molar-refractivity contribution in [2.75, 3.05) is 10.6 Å². The van der Waals surface area contributed by atoms with Crippen molar-refractivity contribution in [1.29, 1.82) is 0 Å². The van der Waals surface area contributed by atoms with Gasteiger partial charge in [0.25, 0.3) is 0 Å². The number of benzene rings is 3. The van der Waals surface area contributed by atoms with E-state index in [1.807, 2.05) is 24.3 Å². The molecule has 1 heterocycles. The van der Waals surface area contributed by atoms with Gasteiger partial charge in [0.05, 0.1) is 5.69 Å². The summed E-state index contributed by atoms with van der Waals surface area (Å²) in [6.45, 7) is 5.91. The van der Waals surface area contributed by atoms with E-state index in [1.165, 1.54) is 23.0 Å². The van der Waals surface area contributed by atoms with Crippen molar-refractivity contribution in [3.8, 4) is 11.1 Å². The minimum Gasteiger partial charge on any atom is -0.305 e. The van der Waals surface area contributed by atoms with E-state index in [1.54, 1.807) is 19.1 Å². The summed E-state index contributed by atoms with van der Waals surface area (Å²) in [7, 11) is 0. The number of hydrogen-bond donors (Lipinski definition) is 2. The van der Waals surface area contributed by atoms with Crippen LogP contribution < -0.4 is 10.6 Å². The molecular formula is C24H20ClFN2OS. The Labute approximate surface area is 183 Å². The molecule has 152 valence electrons. The molecule has 0 aliphatic carbocycles. The van der Waals surface area contributed by atoms with Gasteiger partial charge in [0, 0.05) is 26.2 Å². The van der Waals surface area contributed by atoms with Gasteiger partial charge < -0.3 is 5.32 Å². The minimum absolute atomic E-state index is 0.130. The molecule has 0 radical (unpaired) electrons. The van der Waals surface area contributed by atoms with Crippen molar-refractivity contribution < 1.29 is 9.18 Å². The SMILES string of the molecule is Cc1ccc(NC(=O)Nc2sc3cc(C)c(C)cc3c2-c2ccccc2Cl)c(F)c1. The first-order valence-corrected chi connectivity index (χ1v) is 10.7. The van der Waals surface area contributed by atoms with Crippen LogP contribution in [0.15, 0.2) is 54.6 Å². The topological polar surface area (TPSA) is 41.1 Å². The lowest BCUT2D eigenvalue weighted by Crippen LogP contribution is -2.19. The summed E-state index contributed by atoms with van der Waals surface area (Å²) in [6.07, 6.45) is 0. The van der Waals surface area contributed by atoms with E-state index >= 15 is 0 Å². The maximum Gasteiger partial charge on any atom is 0.324 e. The van der Waals surface area contributed by atoms with Gasteiger partial charge in [-0.1, -0.05) is 35.9 Å². The summed E-state index contributed by atoms with van der Waals surface area (Å²) in [4.78, 5) is 12.7. The Bertz CT molecular complexity index is 1280. The Morgan fingerprint density at radius 1 is 0.967 bits per heavy atom. The molecule has 0 saturated heterocycles. The zero-order valence-electron chi connectivity index (χ0n) is 16.8. The van der Waals surface area contributed by atoms with E-state index in [0.717, 1.165) is 32.3 Å². The first-order valence-electron chi connectivity index (χ1n) is 9.46. The largest absolute Gasteiger partial charge is 0.324 e. The van der Waals surface area contributed by atoms with Crippen LogP contribution in [-0.2, 0) is 0 Å². The highest BCUT2D eigenvalue weighted by atomic mass is 35.5. The average molecular weight is 439 g/mol. The molecule has 2 N–H and O–H groups in total. The number of amides is 2. The van der Waals surface area contributed by atoms with E-state index in [9.17, 15) is 9.18 Å². The smallest absolute Gasteiger partial charge is 0.305 e. The fraction of sp³-hybridized carbons (Fsp3) is 0.125. The average Bonchev–Trinajstić information content (AvgIpc) is 3.01. The number of nitrogens with one attached hydrogen (secondary N) is 2. The van der Waals surface area contributed by atoms with Crippen LogP contribution in [-0.4, -0.2) is 6.03 Å². The minimum atomic E-state index is -0.508. The lowest BCUT2D eigenvalue weighted by Gasteiger charge is -2.11. The maximum atomic E-state index is 14.1. The fourth-order valence-electron chi connectivity index (χ4n) is 3.35. The molecule has 0 spiro atoms. The van der Waals surface area contributed by atoms with Gasteiger partial charge in [-0.2, -0.15) is 0 Å². The number of hydrogen-bond acceptors (Lipinski definition) is 2. The molecule has 0 aliphatic rings. The van der Waals surface area contributed by atoms with Crippen LogP contribution in [0.25, 0.3) is 21.2 Å². The normalized spacial score (nSPS) is 11.0. The van der Waals surface area contributed by atoms with E-state index in [4.69, 9.17) is 11.6 Å². The second-order valence-corrected chi connectivity index (χ2v) is 8.74. The number of carbonyl (C=O) groups excluding carboxylic acids is 1. The summed E-state index contributed by atoms with van der Waals surface area (Å²) < 4.78 is 15.2. The summed E-state index contributed by atoms with van der Waals surface area (Å²) >= 11 is 7.96. The molecule has 0 unspecified atom stereocenters. The number of fused-ring (bicyclic) bond motifs is 1. The molecule has 4 rings (SSSR count). The maximum absolute atomic E-state index is 14.1. The number of urea groups is 1. The first-order chi connectivity index (χ1) is 14.3. The number of anilines is 2. The first kappa shape index (κ1) is 20.4. The van der Waals surface area contributed by atoms with Crippen molar-refractivity contribution in [1.82, 2.24) is 0 Å². The van der Waals surface area contributed by atoms with Crippen molar-refractivity contribution in [2.24, 2.45) is 0 Å². The molecule has 0 saturated carbocycles. The molecule has 6 heteroatoms. The summed E-state index contributed by atoms with van der Waals surface area (Å²) in [5, 5.41) is 7.78. The van der Waals surface area contributed by atoms with Crippen LogP contribution in [0.5, 0.6) is 0 Å². The second kappa shape index (κ2) is 8.09. The third kappa shape index (κ3) is 3.91. The number of thiophene rings is 1. The molecule has 0 atom stereocenters. The molecule has 0 bridgehead atoms. The van der Waals surface area contributed by atoms with Gasteiger partial charge >= 0.3 is 6.03 Å². The zero-order valence-corrected chi connectivity index (χ0v) is 18.3. The van der Waals surface area contributed by atoms with Crippen LogP contribution in [0.4, 0.5) is 19.9 Å². The lowest BCUT2D eigenvalue weighted by molar-refractivity contribution is 0.262. The summed E-state index contributed by atoms with van der Waals surface area (Å²) in [5.74, 6) is -0.473. The Balaban J connectivity index is 1.77. The fourth-order valence-corrected chi connectivity index (χ4v) is 4.77. The van der Waals surface area contributed by atoms with Crippen LogP contribution in [0.2, 0.25) is 5.02 Å². The predicted octanol–water partition coefficient (Wildman–Crippen LogP) is 7.93. The molecular weight excluding hydrogens is 419 g/mol. The lowest BCUT2D eigenvalue weighted by atomic mass is 10.0. The Morgan fingerprint density at radius 2 is 1.70 bits per heavy atom. The van der Waals surface area contributed by atoms with Crippen LogP contribution in [0, 0.1) is 26.6 Å². The van der Waals surface area contributed by atoms with E-state index in [-0.39, 0.29) is 5.69 Å². The number of aryl methyl sites for hydroxylation is 3. The quantitative estimate of drug-likeness (QED) is 0.335. The molecule has 30 heavy (non-hydrogen) atoms. The van der Waals surface area contributed by atoms with Crippen molar-refractivity contribution >= 4 is 49.7 Å². The Hall–Kier alpha value is -2.89. The van der Waals surface area contributed by atoms with E-state index < -0.39 is 11.8 Å². The highest BCUT2D eigenvalue weighted by molar-refractivity contribution is 7.23.